The van der Waals surface area contributed by atoms with Crippen molar-refractivity contribution in [2.24, 2.45) is 0 Å². The van der Waals surface area contributed by atoms with Crippen LogP contribution in [0, 0.1) is 0 Å². The molecule has 120 valence electrons. The number of hydrogen-bond acceptors (Lipinski definition) is 7. The summed E-state index contributed by atoms with van der Waals surface area (Å²) in [6.45, 7) is 1.05. The molecule has 0 radical (unpaired) electrons. The van der Waals surface area contributed by atoms with Crippen LogP contribution in [0.25, 0.3) is 0 Å². The Hall–Kier alpha value is -0.740. The summed E-state index contributed by atoms with van der Waals surface area (Å²) >= 11 is 0.945. The Balaban J connectivity index is 0.00000220. The maximum absolute atomic E-state index is 12.7. The maximum Gasteiger partial charge on any atom is 0.358 e. The second-order valence-corrected chi connectivity index (χ2v) is 7.39. The van der Waals surface area contributed by atoms with E-state index in [0.717, 1.165) is 24.2 Å². The zero-order valence-electron chi connectivity index (χ0n) is 11.7. The summed E-state index contributed by atoms with van der Waals surface area (Å²) in [6.07, 6.45) is 1.63. The van der Waals surface area contributed by atoms with Crippen LogP contribution in [-0.4, -0.2) is 57.0 Å². The minimum atomic E-state index is -3.70. The number of sulfonamides is 1. The summed E-state index contributed by atoms with van der Waals surface area (Å²) in [5, 5.41) is 3.00. The molecular weight excluding hydrogens is 338 g/mol. The monoisotopic (exact) mass is 355 g/mol. The van der Waals surface area contributed by atoms with Crippen molar-refractivity contribution in [3.05, 3.63) is 11.2 Å². The van der Waals surface area contributed by atoms with Crippen LogP contribution in [-0.2, 0) is 14.8 Å². The van der Waals surface area contributed by atoms with Gasteiger partial charge < -0.3 is 10.1 Å². The fourth-order valence-electron chi connectivity index (χ4n) is 2.32. The average Bonchev–Trinajstić information content (AvgIpc) is 3.07. The number of likely N-dealkylation sites (N-methyl/N-ethyl adjacent to an activating group) is 1. The van der Waals surface area contributed by atoms with Gasteiger partial charge in [0.05, 0.1) is 12.6 Å². The summed E-state index contributed by atoms with van der Waals surface area (Å²) in [5.74, 6) is -0.728. The zero-order chi connectivity index (χ0) is 14.8. The van der Waals surface area contributed by atoms with E-state index in [9.17, 15) is 13.2 Å². The van der Waals surface area contributed by atoms with Gasteiger partial charge in [0.2, 0.25) is 0 Å². The minimum absolute atomic E-state index is 0. The summed E-state index contributed by atoms with van der Waals surface area (Å²) in [7, 11) is -0.710. The largest absolute Gasteiger partial charge is 0.464 e. The maximum atomic E-state index is 12.7. The molecule has 2 heterocycles. The van der Waals surface area contributed by atoms with E-state index in [1.807, 2.05) is 0 Å². The third-order valence-corrected chi connectivity index (χ3v) is 6.52. The first-order chi connectivity index (χ1) is 9.52. The molecule has 7 nitrogen and oxygen atoms in total. The first-order valence-corrected chi connectivity index (χ1v) is 8.52. The van der Waals surface area contributed by atoms with E-state index < -0.39 is 16.0 Å². The molecule has 1 aromatic heterocycles. The molecule has 1 aliphatic rings. The third kappa shape index (κ3) is 3.54. The Morgan fingerprint density at radius 3 is 2.95 bits per heavy atom. The fourth-order valence-corrected chi connectivity index (χ4v) is 5.26. The highest BCUT2D eigenvalue weighted by molar-refractivity contribution is 7.91. The summed E-state index contributed by atoms with van der Waals surface area (Å²) in [5.41, 5.74) is 1.22. The van der Waals surface area contributed by atoms with Gasteiger partial charge in [0.25, 0.3) is 10.0 Å². The van der Waals surface area contributed by atoms with Crippen molar-refractivity contribution in [2.75, 3.05) is 27.2 Å². The van der Waals surface area contributed by atoms with Crippen LogP contribution >= 0.6 is 23.7 Å². The second kappa shape index (κ2) is 7.50. The Kier molecular flexibility index (Phi) is 6.54. The van der Waals surface area contributed by atoms with Crippen molar-refractivity contribution < 1.29 is 17.9 Å². The number of hydrogen-bond donors (Lipinski definition) is 1. The SMILES string of the molecule is CNCC1CCCN1S(=O)(=O)c1scnc1C(=O)OC.Cl. The first kappa shape index (κ1) is 18.3. The van der Waals surface area contributed by atoms with Gasteiger partial charge in [-0.2, -0.15) is 4.31 Å². The Bertz CT molecular complexity index is 590. The van der Waals surface area contributed by atoms with Crippen molar-refractivity contribution in [1.82, 2.24) is 14.6 Å². The highest BCUT2D eigenvalue weighted by Crippen LogP contribution is 2.30. The molecule has 21 heavy (non-hydrogen) atoms. The number of carbonyl (C=O) groups excluding carboxylic acids is 1. The quantitative estimate of drug-likeness (QED) is 0.783. The van der Waals surface area contributed by atoms with E-state index in [1.165, 1.54) is 16.9 Å². The van der Waals surface area contributed by atoms with E-state index in [0.29, 0.717) is 13.1 Å². The van der Waals surface area contributed by atoms with Crippen LogP contribution in [0.4, 0.5) is 0 Å². The number of nitrogens with zero attached hydrogens (tertiary/aromatic N) is 2. The molecule has 1 fully saturated rings. The standard InChI is InChI=1S/C11H17N3O4S2.ClH/c1-12-6-8-4-3-5-14(8)20(16,17)11-9(10(15)18-2)13-7-19-11;/h7-8,12H,3-6H2,1-2H3;1H. The van der Waals surface area contributed by atoms with Crippen LogP contribution in [0.1, 0.15) is 23.3 Å². The Morgan fingerprint density at radius 2 is 2.33 bits per heavy atom. The number of nitrogens with one attached hydrogen (secondary N) is 1. The van der Waals surface area contributed by atoms with Gasteiger partial charge in [-0.3, -0.25) is 0 Å². The first-order valence-electron chi connectivity index (χ1n) is 6.20. The van der Waals surface area contributed by atoms with Gasteiger partial charge in [0.15, 0.2) is 9.90 Å². The lowest BCUT2D eigenvalue weighted by molar-refractivity contribution is 0.0590. The number of aromatic nitrogens is 1. The molecule has 0 saturated carbocycles. The van der Waals surface area contributed by atoms with Crippen molar-refractivity contribution in [3.63, 3.8) is 0 Å². The predicted molar refractivity (Wildman–Crippen MR) is 81.5 cm³/mol. The van der Waals surface area contributed by atoms with Crippen molar-refractivity contribution in [3.8, 4) is 0 Å². The zero-order valence-corrected chi connectivity index (χ0v) is 14.2. The molecule has 0 bridgehead atoms. The van der Waals surface area contributed by atoms with Crippen molar-refractivity contribution in [1.29, 1.82) is 0 Å². The highest BCUT2D eigenvalue weighted by atomic mass is 35.5. The molecule has 1 atom stereocenters. The lowest BCUT2D eigenvalue weighted by Crippen LogP contribution is -2.40. The Labute approximate surface area is 134 Å². The summed E-state index contributed by atoms with van der Waals surface area (Å²) in [4.78, 5) is 15.4. The van der Waals surface area contributed by atoms with E-state index in [-0.39, 0.29) is 28.4 Å². The Morgan fingerprint density at radius 1 is 1.62 bits per heavy atom. The number of halogens is 1. The third-order valence-electron chi connectivity index (χ3n) is 3.22. The summed E-state index contributed by atoms with van der Waals surface area (Å²) in [6, 6.07) is -0.0856. The van der Waals surface area contributed by atoms with E-state index >= 15 is 0 Å². The van der Waals surface area contributed by atoms with Crippen LogP contribution in [0.5, 0.6) is 0 Å². The van der Waals surface area contributed by atoms with Gasteiger partial charge in [-0.1, -0.05) is 0 Å². The molecule has 10 heteroatoms. The van der Waals surface area contributed by atoms with E-state index in [4.69, 9.17) is 0 Å². The van der Waals surface area contributed by atoms with E-state index in [1.54, 1.807) is 7.05 Å². The molecule has 1 aromatic rings. The lowest BCUT2D eigenvalue weighted by atomic mass is 10.2. The van der Waals surface area contributed by atoms with E-state index in [2.05, 4.69) is 15.0 Å². The molecule has 1 aliphatic heterocycles. The average molecular weight is 356 g/mol. The minimum Gasteiger partial charge on any atom is -0.464 e. The molecule has 2 rings (SSSR count). The normalized spacial score (nSPS) is 19.2. The van der Waals surface area contributed by atoms with Crippen molar-refractivity contribution in [2.45, 2.75) is 23.1 Å². The van der Waals surface area contributed by atoms with Crippen LogP contribution in [0.2, 0.25) is 0 Å². The number of ether oxygens (including phenoxy) is 1. The number of rotatable bonds is 5. The van der Waals surface area contributed by atoms with Gasteiger partial charge in [-0.05, 0) is 19.9 Å². The van der Waals surface area contributed by atoms with Crippen LogP contribution < -0.4 is 5.32 Å². The predicted octanol–water partition coefficient (Wildman–Crippen LogP) is 0.724. The molecule has 0 spiro atoms. The summed E-state index contributed by atoms with van der Waals surface area (Å²) < 4.78 is 31.4. The molecule has 1 N–H and O–H groups in total. The van der Waals surface area contributed by atoms with Gasteiger partial charge in [0, 0.05) is 19.1 Å². The van der Waals surface area contributed by atoms with Gasteiger partial charge in [0.1, 0.15) is 0 Å². The fraction of sp³-hybridized carbons (Fsp3) is 0.636. The lowest BCUT2D eigenvalue weighted by Gasteiger charge is -2.23. The molecule has 1 saturated heterocycles. The molecular formula is C11H18ClN3O4S2. The number of thiazole rings is 1. The molecule has 1 unspecified atom stereocenters. The second-order valence-electron chi connectivity index (χ2n) is 4.45. The smallest absolute Gasteiger partial charge is 0.358 e. The number of methoxy groups -OCH3 is 1. The number of carbonyl (C=O) groups is 1. The van der Waals surface area contributed by atoms with Gasteiger partial charge in [-0.25, -0.2) is 18.2 Å². The number of esters is 1. The highest BCUT2D eigenvalue weighted by Gasteiger charge is 2.38. The molecule has 0 amide bonds. The van der Waals surface area contributed by atoms with Crippen molar-refractivity contribution >= 4 is 39.7 Å². The molecule has 0 aromatic carbocycles. The van der Waals surface area contributed by atoms with Gasteiger partial charge in [-0.15, -0.1) is 23.7 Å². The van der Waals surface area contributed by atoms with Gasteiger partial charge >= 0.3 is 5.97 Å². The van der Waals surface area contributed by atoms with Crippen LogP contribution in [0.3, 0.4) is 0 Å². The molecule has 0 aliphatic carbocycles. The van der Waals surface area contributed by atoms with Crippen LogP contribution in [0.15, 0.2) is 9.72 Å². The topological polar surface area (TPSA) is 88.6 Å².